The van der Waals surface area contributed by atoms with Crippen molar-refractivity contribution >= 4 is 5.97 Å². The molecule has 0 saturated heterocycles. The van der Waals surface area contributed by atoms with Crippen molar-refractivity contribution in [2.45, 2.75) is 59.0 Å². The molecule has 0 aromatic carbocycles. The Morgan fingerprint density at radius 2 is 1.86 bits per heavy atom. The highest BCUT2D eigenvalue weighted by Crippen LogP contribution is 2.12. The molecule has 0 fully saturated rings. The Bertz CT molecular complexity index is 171. The molecule has 0 spiro atoms. The van der Waals surface area contributed by atoms with Crippen LogP contribution in [0.15, 0.2) is 0 Å². The van der Waals surface area contributed by atoms with E-state index in [-0.39, 0.29) is 6.42 Å². The molecule has 3 heteroatoms. The van der Waals surface area contributed by atoms with Gasteiger partial charge in [0.25, 0.3) is 0 Å². The highest BCUT2D eigenvalue weighted by atomic mass is 16.4. The van der Waals surface area contributed by atoms with Gasteiger partial charge < -0.3 is 5.11 Å². The lowest BCUT2D eigenvalue weighted by molar-refractivity contribution is -0.137. The summed E-state index contributed by atoms with van der Waals surface area (Å²) in [5, 5.41) is 8.59. The van der Waals surface area contributed by atoms with E-state index in [0.29, 0.717) is 12.1 Å². The summed E-state index contributed by atoms with van der Waals surface area (Å²) in [6.45, 7) is 9.59. The van der Waals surface area contributed by atoms with Crippen molar-refractivity contribution < 1.29 is 9.90 Å². The summed E-state index contributed by atoms with van der Waals surface area (Å²) in [6.07, 6.45) is 2.13. The summed E-state index contributed by atoms with van der Waals surface area (Å²) in [7, 11) is 0. The molecule has 0 aliphatic heterocycles. The van der Waals surface area contributed by atoms with E-state index in [2.05, 4.69) is 32.6 Å². The van der Waals surface area contributed by atoms with Crippen molar-refractivity contribution in [3.63, 3.8) is 0 Å². The minimum atomic E-state index is -0.697. The van der Waals surface area contributed by atoms with E-state index in [1.807, 2.05) is 0 Å². The summed E-state index contributed by atoms with van der Waals surface area (Å²) in [6, 6.07) is 0.912. The van der Waals surface area contributed by atoms with Crippen LogP contribution in [-0.2, 0) is 4.79 Å². The van der Waals surface area contributed by atoms with Crippen LogP contribution in [0.5, 0.6) is 0 Å². The number of hydrogen-bond donors (Lipinski definition) is 1. The first kappa shape index (κ1) is 13.4. The lowest BCUT2D eigenvalue weighted by atomic mass is 10.1. The van der Waals surface area contributed by atoms with Crippen molar-refractivity contribution in [3.05, 3.63) is 0 Å². The van der Waals surface area contributed by atoms with E-state index in [1.54, 1.807) is 0 Å². The second-order valence-corrected chi connectivity index (χ2v) is 3.87. The Hall–Kier alpha value is -0.570. The van der Waals surface area contributed by atoms with Gasteiger partial charge in [0.05, 0.1) is 0 Å². The second kappa shape index (κ2) is 6.82. The average Bonchev–Trinajstić information content (AvgIpc) is 2.15. The van der Waals surface area contributed by atoms with E-state index in [4.69, 9.17) is 5.11 Å². The fourth-order valence-corrected chi connectivity index (χ4v) is 1.79. The minimum absolute atomic E-state index is 0.272. The van der Waals surface area contributed by atoms with Gasteiger partial charge in [-0.3, -0.25) is 9.69 Å². The summed E-state index contributed by atoms with van der Waals surface area (Å²) in [5.41, 5.74) is 0. The number of carbonyl (C=O) groups is 1. The van der Waals surface area contributed by atoms with Gasteiger partial charge in [-0.25, -0.2) is 0 Å². The van der Waals surface area contributed by atoms with Crippen molar-refractivity contribution in [1.82, 2.24) is 4.90 Å². The summed E-state index contributed by atoms with van der Waals surface area (Å²) < 4.78 is 0. The van der Waals surface area contributed by atoms with Gasteiger partial charge in [0.15, 0.2) is 0 Å². The molecule has 0 bridgehead atoms. The maximum atomic E-state index is 10.4. The molecule has 0 amide bonds. The van der Waals surface area contributed by atoms with Crippen LogP contribution in [-0.4, -0.2) is 34.6 Å². The van der Waals surface area contributed by atoms with Gasteiger partial charge in [-0.15, -0.1) is 0 Å². The Kier molecular flexibility index (Phi) is 6.54. The van der Waals surface area contributed by atoms with Gasteiger partial charge >= 0.3 is 5.97 Å². The van der Waals surface area contributed by atoms with E-state index < -0.39 is 5.97 Å². The normalized spacial score (nSPS) is 15.5. The highest BCUT2D eigenvalue weighted by Gasteiger charge is 2.17. The predicted octanol–water partition coefficient (Wildman–Crippen LogP) is 2.36. The molecular formula is C11H23NO2. The first-order valence-electron chi connectivity index (χ1n) is 5.50. The van der Waals surface area contributed by atoms with Crippen molar-refractivity contribution in [1.29, 1.82) is 0 Å². The van der Waals surface area contributed by atoms with Crippen LogP contribution in [0.1, 0.15) is 47.0 Å². The average molecular weight is 201 g/mol. The zero-order chi connectivity index (χ0) is 11.1. The van der Waals surface area contributed by atoms with Gasteiger partial charge in [0.2, 0.25) is 0 Å². The van der Waals surface area contributed by atoms with E-state index in [1.165, 1.54) is 0 Å². The standard InChI is InChI=1S/C11H23NO2/c1-5-9(3)12(6-2)10(4)7-8-11(13)14/h9-10H,5-8H2,1-4H3,(H,13,14). The number of rotatable bonds is 7. The molecule has 3 nitrogen and oxygen atoms in total. The van der Waals surface area contributed by atoms with Crippen LogP contribution in [0.2, 0.25) is 0 Å². The van der Waals surface area contributed by atoms with Gasteiger partial charge in [-0.2, -0.15) is 0 Å². The van der Waals surface area contributed by atoms with Crippen molar-refractivity contribution in [2.24, 2.45) is 0 Å². The van der Waals surface area contributed by atoms with Crippen LogP contribution < -0.4 is 0 Å². The Morgan fingerprint density at radius 3 is 2.21 bits per heavy atom. The van der Waals surface area contributed by atoms with Crippen LogP contribution in [0, 0.1) is 0 Å². The molecule has 0 aliphatic carbocycles. The van der Waals surface area contributed by atoms with Crippen LogP contribution >= 0.6 is 0 Å². The van der Waals surface area contributed by atoms with Gasteiger partial charge in [0, 0.05) is 18.5 Å². The van der Waals surface area contributed by atoms with E-state index in [9.17, 15) is 4.79 Å². The van der Waals surface area contributed by atoms with E-state index in [0.717, 1.165) is 19.4 Å². The fourth-order valence-electron chi connectivity index (χ4n) is 1.79. The molecule has 0 radical (unpaired) electrons. The summed E-state index contributed by atoms with van der Waals surface area (Å²) in [4.78, 5) is 12.8. The smallest absolute Gasteiger partial charge is 0.303 e. The number of hydrogen-bond acceptors (Lipinski definition) is 2. The molecular weight excluding hydrogens is 178 g/mol. The predicted molar refractivity (Wildman–Crippen MR) is 58.5 cm³/mol. The first-order chi connectivity index (χ1) is 6.52. The van der Waals surface area contributed by atoms with Crippen molar-refractivity contribution in [2.75, 3.05) is 6.54 Å². The molecule has 0 aromatic heterocycles. The molecule has 0 aliphatic rings. The van der Waals surface area contributed by atoms with E-state index >= 15 is 0 Å². The molecule has 0 rings (SSSR count). The van der Waals surface area contributed by atoms with Gasteiger partial charge in [-0.1, -0.05) is 13.8 Å². The minimum Gasteiger partial charge on any atom is -0.481 e. The Morgan fingerprint density at radius 1 is 1.29 bits per heavy atom. The first-order valence-corrected chi connectivity index (χ1v) is 5.50. The van der Waals surface area contributed by atoms with Crippen LogP contribution in [0.4, 0.5) is 0 Å². The maximum absolute atomic E-state index is 10.4. The third-order valence-corrected chi connectivity index (χ3v) is 2.86. The monoisotopic (exact) mass is 201 g/mol. The number of carboxylic acid groups (broad SMARTS) is 1. The molecule has 2 unspecified atom stereocenters. The van der Waals surface area contributed by atoms with Crippen LogP contribution in [0.3, 0.4) is 0 Å². The van der Waals surface area contributed by atoms with Crippen LogP contribution in [0.25, 0.3) is 0 Å². The fraction of sp³-hybridized carbons (Fsp3) is 0.909. The molecule has 14 heavy (non-hydrogen) atoms. The maximum Gasteiger partial charge on any atom is 0.303 e. The second-order valence-electron chi connectivity index (χ2n) is 3.87. The third-order valence-electron chi connectivity index (χ3n) is 2.86. The number of nitrogens with zero attached hydrogens (tertiary/aromatic N) is 1. The zero-order valence-electron chi connectivity index (χ0n) is 9.79. The highest BCUT2D eigenvalue weighted by molar-refractivity contribution is 5.66. The van der Waals surface area contributed by atoms with Gasteiger partial charge in [0.1, 0.15) is 0 Å². The molecule has 1 N–H and O–H groups in total. The molecule has 0 saturated carbocycles. The summed E-state index contributed by atoms with van der Waals surface area (Å²) >= 11 is 0. The lowest BCUT2D eigenvalue weighted by Gasteiger charge is -2.32. The molecule has 0 aromatic rings. The Labute approximate surface area is 87.1 Å². The quantitative estimate of drug-likeness (QED) is 0.687. The SMILES string of the molecule is CCC(C)N(CC)C(C)CCC(=O)O. The van der Waals surface area contributed by atoms with Crippen molar-refractivity contribution in [3.8, 4) is 0 Å². The van der Waals surface area contributed by atoms with Gasteiger partial charge in [-0.05, 0) is 33.2 Å². The largest absolute Gasteiger partial charge is 0.481 e. The number of carboxylic acids is 1. The topological polar surface area (TPSA) is 40.5 Å². The third kappa shape index (κ3) is 4.61. The molecule has 2 atom stereocenters. The zero-order valence-corrected chi connectivity index (χ0v) is 9.79. The lowest BCUT2D eigenvalue weighted by Crippen LogP contribution is -2.40. The number of aliphatic carboxylic acids is 1. The molecule has 0 heterocycles. The summed E-state index contributed by atoms with van der Waals surface area (Å²) in [5.74, 6) is -0.697. The Balaban J connectivity index is 4.03. The molecule has 84 valence electrons.